The molecule has 0 amide bonds. The molecule has 8 nitrogen and oxygen atoms in total. The highest BCUT2D eigenvalue weighted by molar-refractivity contribution is 7.93. The summed E-state index contributed by atoms with van der Waals surface area (Å²) in [5.74, 6) is -0.0211. The van der Waals surface area contributed by atoms with Crippen LogP contribution in [0.2, 0.25) is 5.02 Å². The van der Waals surface area contributed by atoms with Crippen LogP contribution in [0.3, 0.4) is 0 Å². The fourth-order valence-electron chi connectivity index (χ4n) is 2.41. The number of nitrogens with one attached hydrogen (secondary N) is 1. The maximum Gasteiger partial charge on any atom is 0.266 e. The molecule has 2 aromatic heterocycles. The summed E-state index contributed by atoms with van der Waals surface area (Å²) in [5, 5.41) is 4.77. The van der Waals surface area contributed by atoms with Crippen LogP contribution < -0.4 is 4.72 Å². The van der Waals surface area contributed by atoms with E-state index in [1.54, 1.807) is 18.2 Å². The third-order valence-electron chi connectivity index (χ3n) is 3.53. The zero-order valence-electron chi connectivity index (χ0n) is 13.1. The number of sulfonamides is 1. The van der Waals surface area contributed by atoms with Gasteiger partial charge >= 0.3 is 0 Å². The Labute approximate surface area is 157 Å². The summed E-state index contributed by atoms with van der Waals surface area (Å²) in [6, 6.07) is 12.1. The molecule has 132 valence electrons. The Morgan fingerprint density at radius 1 is 1.15 bits per heavy atom. The van der Waals surface area contributed by atoms with Crippen LogP contribution in [-0.2, 0) is 16.6 Å². The number of rotatable bonds is 5. The Hall–Kier alpha value is -2.56. The summed E-state index contributed by atoms with van der Waals surface area (Å²) in [5.41, 5.74) is 1.77. The summed E-state index contributed by atoms with van der Waals surface area (Å²) in [6.45, 7) is 0.418. The van der Waals surface area contributed by atoms with E-state index >= 15 is 0 Å². The van der Waals surface area contributed by atoms with Crippen molar-refractivity contribution < 1.29 is 8.42 Å². The third-order valence-corrected chi connectivity index (χ3v) is 5.67. The second kappa shape index (κ2) is 6.63. The topological polar surface area (TPSA) is 103 Å². The highest BCUT2D eigenvalue weighted by Gasteiger charge is 2.21. The van der Waals surface area contributed by atoms with Gasteiger partial charge in [-0.25, -0.2) is 17.8 Å². The van der Waals surface area contributed by atoms with Gasteiger partial charge < -0.3 is 0 Å². The summed E-state index contributed by atoms with van der Waals surface area (Å²) in [6.07, 6.45) is 1.45. The Balaban J connectivity index is 1.57. The Morgan fingerprint density at radius 3 is 2.85 bits per heavy atom. The highest BCUT2D eigenvalue weighted by atomic mass is 35.5. The van der Waals surface area contributed by atoms with Gasteiger partial charge in [-0.3, -0.25) is 0 Å². The number of hydrogen-bond acceptors (Lipinski definition) is 7. The smallest absolute Gasteiger partial charge is 0.246 e. The Morgan fingerprint density at radius 2 is 2.00 bits per heavy atom. The lowest BCUT2D eigenvalue weighted by Gasteiger charge is -2.05. The van der Waals surface area contributed by atoms with Crippen LogP contribution in [0.25, 0.3) is 11.0 Å². The van der Waals surface area contributed by atoms with Crippen molar-refractivity contribution >= 4 is 50.3 Å². The average Bonchev–Trinajstić information content (AvgIpc) is 3.23. The first kappa shape index (κ1) is 16.9. The van der Waals surface area contributed by atoms with Crippen LogP contribution in [0.15, 0.2) is 53.7 Å². The van der Waals surface area contributed by atoms with Gasteiger partial charge in [0.05, 0.1) is 18.3 Å². The molecule has 0 saturated heterocycles. The second-order valence-corrected chi connectivity index (χ2v) is 8.00. The molecule has 1 N–H and O–H groups in total. The van der Waals surface area contributed by atoms with Crippen molar-refractivity contribution in [2.24, 2.45) is 0 Å². The molecule has 26 heavy (non-hydrogen) atoms. The predicted octanol–water partition coefficient (Wildman–Crippen LogP) is 2.79. The molecule has 4 aromatic rings. The number of anilines is 1. The molecule has 0 aliphatic carbocycles. The third kappa shape index (κ3) is 3.39. The van der Waals surface area contributed by atoms with Crippen LogP contribution in [-0.4, -0.2) is 31.9 Å². The quantitative estimate of drug-likeness (QED) is 0.546. The van der Waals surface area contributed by atoms with Crippen LogP contribution in [0.4, 0.5) is 5.95 Å². The lowest BCUT2D eigenvalue weighted by molar-refractivity contribution is 0.601. The first-order valence-corrected chi connectivity index (χ1v) is 9.98. The van der Waals surface area contributed by atoms with E-state index in [1.807, 2.05) is 18.2 Å². The molecule has 0 spiro atoms. The maximum atomic E-state index is 12.6. The first-order chi connectivity index (χ1) is 12.5. The zero-order valence-corrected chi connectivity index (χ0v) is 15.5. The van der Waals surface area contributed by atoms with Gasteiger partial charge in [0.15, 0.2) is 0 Å². The molecule has 4 rings (SSSR count). The van der Waals surface area contributed by atoms with Gasteiger partial charge in [0.1, 0.15) is 22.3 Å². The van der Waals surface area contributed by atoms with Gasteiger partial charge in [-0.1, -0.05) is 29.8 Å². The van der Waals surface area contributed by atoms with Gasteiger partial charge in [-0.2, -0.15) is 13.7 Å². The van der Waals surface area contributed by atoms with E-state index < -0.39 is 10.0 Å². The molecule has 0 saturated carbocycles. The van der Waals surface area contributed by atoms with Gasteiger partial charge in [-0.15, -0.1) is 5.10 Å². The molecule has 2 heterocycles. The van der Waals surface area contributed by atoms with Crippen molar-refractivity contribution in [2.45, 2.75) is 11.4 Å². The Kier molecular flexibility index (Phi) is 4.31. The Bertz CT molecular complexity index is 1190. The minimum Gasteiger partial charge on any atom is -0.246 e. The minimum absolute atomic E-state index is 0.0211. The van der Waals surface area contributed by atoms with E-state index in [2.05, 4.69) is 23.6 Å². The van der Waals surface area contributed by atoms with E-state index in [0.29, 0.717) is 22.6 Å². The van der Waals surface area contributed by atoms with Gasteiger partial charge in [0, 0.05) is 5.02 Å². The molecular formula is C15H11ClN6O2S2. The fourth-order valence-corrected chi connectivity index (χ4v) is 4.34. The molecule has 2 aromatic carbocycles. The van der Waals surface area contributed by atoms with E-state index in [4.69, 9.17) is 11.6 Å². The molecule has 0 fully saturated rings. The maximum absolute atomic E-state index is 12.6. The first-order valence-electron chi connectivity index (χ1n) is 7.39. The van der Waals surface area contributed by atoms with Crippen LogP contribution >= 0.6 is 23.3 Å². The van der Waals surface area contributed by atoms with Gasteiger partial charge in [-0.05, 0) is 29.8 Å². The van der Waals surface area contributed by atoms with Crippen molar-refractivity contribution in [3.05, 3.63) is 59.4 Å². The molecular weight excluding hydrogens is 396 g/mol. The van der Waals surface area contributed by atoms with Crippen molar-refractivity contribution in [3.63, 3.8) is 0 Å². The van der Waals surface area contributed by atoms with Crippen LogP contribution in [0, 0.1) is 0 Å². The SMILES string of the molecule is O=S(=O)(Nc1ncn(Cc2cccc(Cl)c2)n1)c1cccc2nsnc12. The number of fused-ring (bicyclic) bond motifs is 1. The number of halogens is 1. The monoisotopic (exact) mass is 406 g/mol. The normalized spacial score (nSPS) is 11.7. The van der Waals surface area contributed by atoms with Crippen molar-refractivity contribution in [1.82, 2.24) is 23.5 Å². The largest absolute Gasteiger partial charge is 0.266 e. The summed E-state index contributed by atoms with van der Waals surface area (Å²) in [7, 11) is -3.88. The summed E-state index contributed by atoms with van der Waals surface area (Å²) in [4.78, 5) is 4.05. The minimum atomic E-state index is -3.88. The molecule has 0 bridgehead atoms. The fraction of sp³-hybridized carbons (Fsp3) is 0.0667. The molecule has 11 heteroatoms. The molecule has 0 unspecified atom stereocenters. The number of aromatic nitrogens is 5. The standard InChI is InChI=1S/C15H11ClN6O2S2/c16-11-4-1-3-10(7-11)8-22-9-17-15(18-22)21-26(23,24)13-6-2-5-12-14(13)20-25-19-12/h1-7,9H,8H2,(H,18,21). The summed E-state index contributed by atoms with van der Waals surface area (Å²) < 4.78 is 37.3. The van der Waals surface area contributed by atoms with Gasteiger partial charge in [0.2, 0.25) is 0 Å². The van der Waals surface area contributed by atoms with Gasteiger partial charge in [0.25, 0.3) is 16.0 Å². The van der Waals surface area contributed by atoms with Crippen molar-refractivity contribution in [3.8, 4) is 0 Å². The highest BCUT2D eigenvalue weighted by Crippen LogP contribution is 2.22. The average molecular weight is 407 g/mol. The second-order valence-electron chi connectivity index (χ2n) is 5.39. The zero-order chi connectivity index (χ0) is 18.1. The van der Waals surface area contributed by atoms with Crippen LogP contribution in [0.1, 0.15) is 5.56 Å². The lowest BCUT2D eigenvalue weighted by Crippen LogP contribution is -2.15. The van der Waals surface area contributed by atoms with Crippen molar-refractivity contribution in [2.75, 3.05) is 4.72 Å². The van der Waals surface area contributed by atoms with E-state index in [-0.39, 0.29) is 10.8 Å². The van der Waals surface area contributed by atoms with E-state index in [9.17, 15) is 8.42 Å². The summed E-state index contributed by atoms with van der Waals surface area (Å²) >= 11 is 6.92. The molecule has 0 radical (unpaired) electrons. The molecule has 0 aliphatic heterocycles. The molecule has 0 aliphatic rings. The number of nitrogens with zero attached hydrogens (tertiary/aromatic N) is 5. The lowest BCUT2D eigenvalue weighted by atomic mass is 10.2. The van der Waals surface area contributed by atoms with E-state index in [1.165, 1.54) is 17.1 Å². The number of benzene rings is 2. The van der Waals surface area contributed by atoms with Crippen LogP contribution in [0.5, 0.6) is 0 Å². The predicted molar refractivity (Wildman–Crippen MR) is 98.8 cm³/mol. The number of hydrogen-bond donors (Lipinski definition) is 1. The van der Waals surface area contributed by atoms with E-state index in [0.717, 1.165) is 17.3 Å². The van der Waals surface area contributed by atoms with Crippen molar-refractivity contribution in [1.29, 1.82) is 0 Å². The molecule has 0 atom stereocenters.